The van der Waals surface area contributed by atoms with Crippen molar-refractivity contribution in [2.75, 3.05) is 13.7 Å². The van der Waals surface area contributed by atoms with Gasteiger partial charge < -0.3 is 9.47 Å². The van der Waals surface area contributed by atoms with Gasteiger partial charge in [0.25, 0.3) is 0 Å². The highest BCUT2D eigenvalue weighted by Gasteiger charge is 2.07. The van der Waals surface area contributed by atoms with Crippen LogP contribution in [0.15, 0.2) is 59.7 Å². The lowest BCUT2D eigenvalue weighted by Crippen LogP contribution is -2.18. The van der Waals surface area contributed by atoms with Gasteiger partial charge in [-0.1, -0.05) is 53.5 Å². The molecule has 0 aliphatic rings. The number of hydrogen-bond donors (Lipinski definition) is 1. The average molecular weight is 431 g/mol. The number of amides is 1. The average Bonchev–Trinajstić information content (AvgIpc) is 2.72. The van der Waals surface area contributed by atoms with Crippen LogP contribution in [-0.4, -0.2) is 25.8 Å². The summed E-state index contributed by atoms with van der Waals surface area (Å²) in [5.74, 6) is 1.03. The van der Waals surface area contributed by atoms with Crippen LogP contribution in [0.1, 0.15) is 18.4 Å². The quantitative estimate of drug-likeness (QED) is 0.293. The van der Waals surface area contributed by atoms with Crippen LogP contribution in [-0.2, 0) is 4.79 Å². The summed E-state index contributed by atoms with van der Waals surface area (Å²) in [7, 11) is 1.60. The van der Waals surface area contributed by atoms with Gasteiger partial charge in [0.1, 0.15) is 11.5 Å². The minimum absolute atomic E-state index is 0.203. The van der Waals surface area contributed by atoms with Crippen LogP contribution in [0.25, 0.3) is 10.8 Å². The molecule has 3 aromatic rings. The van der Waals surface area contributed by atoms with E-state index in [4.69, 9.17) is 32.7 Å². The van der Waals surface area contributed by atoms with Crippen molar-refractivity contribution in [1.82, 2.24) is 5.43 Å². The fourth-order valence-electron chi connectivity index (χ4n) is 2.82. The Bertz CT molecular complexity index is 1040. The molecule has 0 radical (unpaired) electrons. The number of nitrogens with zero attached hydrogens (tertiary/aromatic N) is 1. The lowest BCUT2D eigenvalue weighted by Gasteiger charge is -2.09. The van der Waals surface area contributed by atoms with Crippen LogP contribution in [0.4, 0.5) is 0 Å². The summed E-state index contributed by atoms with van der Waals surface area (Å²) in [6.45, 7) is 0.357. The number of hydrogen-bond acceptors (Lipinski definition) is 4. The topological polar surface area (TPSA) is 59.9 Å². The van der Waals surface area contributed by atoms with E-state index in [9.17, 15) is 4.79 Å². The molecule has 150 valence electrons. The second kappa shape index (κ2) is 10.1. The highest BCUT2D eigenvalue weighted by Crippen LogP contribution is 2.28. The summed E-state index contributed by atoms with van der Waals surface area (Å²) >= 11 is 11.9. The Morgan fingerprint density at radius 1 is 1.10 bits per heavy atom. The molecule has 29 heavy (non-hydrogen) atoms. The van der Waals surface area contributed by atoms with Crippen molar-refractivity contribution < 1.29 is 14.3 Å². The van der Waals surface area contributed by atoms with E-state index in [-0.39, 0.29) is 12.3 Å². The van der Waals surface area contributed by atoms with E-state index in [1.165, 1.54) is 0 Å². The molecule has 0 unspecified atom stereocenters. The van der Waals surface area contributed by atoms with Crippen LogP contribution < -0.4 is 14.9 Å². The molecule has 0 aliphatic carbocycles. The van der Waals surface area contributed by atoms with Crippen molar-refractivity contribution in [1.29, 1.82) is 0 Å². The number of rotatable bonds is 8. The molecule has 0 saturated heterocycles. The number of carbonyl (C=O) groups excluding carboxylic acids is 1. The monoisotopic (exact) mass is 430 g/mol. The maximum absolute atomic E-state index is 12.0. The van der Waals surface area contributed by atoms with Crippen LogP contribution in [0, 0.1) is 0 Å². The van der Waals surface area contributed by atoms with E-state index in [0.717, 1.165) is 16.3 Å². The number of benzene rings is 3. The zero-order valence-corrected chi connectivity index (χ0v) is 17.3. The number of methoxy groups -OCH3 is 1. The number of ether oxygens (including phenoxy) is 2. The molecule has 3 rings (SSSR count). The number of hydrazone groups is 1. The largest absolute Gasteiger partial charge is 0.496 e. The Balaban J connectivity index is 1.52. The van der Waals surface area contributed by atoms with Gasteiger partial charge in [-0.05, 0) is 41.5 Å². The van der Waals surface area contributed by atoms with Crippen LogP contribution in [0.5, 0.6) is 11.5 Å². The first-order valence-corrected chi connectivity index (χ1v) is 9.79. The third-order valence-electron chi connectivity index (χ3n) is 4.23. The van der Waals surface area contributed by atoms with Gasteiger partial charge in [0, 0.05) is 17.0 Å². The molecule has 5 nitrogen and oxygen atoms in total. The maximum atomic E-state index is 12.0. The summed E-state index contributed by atoms with van der Waals surface area (Å²) in [6.07, 6.45) is 2.40. The standard InChI is InChI=1S/C22H20Cl2N2O3/c1-28-20-10-8-15-5-2-3-6-17(15)18(20)14-25-26-22(27)7-4-12-29-21-11-9-16(23)13-19(21)24/h2-3,5-6,8-11,13-14H,4,7,12H2,1H3,(H,26,27)/b25-14+. The zero-order chi connectivity index (χ0) is 20.6. The Morgan fingerprint density at radius 3 is 2.69 bits per heavy atom. The van der Waals surface area contributed by atoms with Gasteiger partial charge in [0.2, 0.25) is 5.91 Å². The lowest BCUT2D eigenvalue weighted by molar-refractivity contribution is -0.121. The molecule has 3 aromatic carbocycles. The maximum Gasteiger partial charge on any atom is 0.240 e. The predicted molar refractivity (Wildman–Crippen MR) is 117 cm³/mol. The molecule has 1 amide bonds. The zero-order valence-electron chi connectivity index (χ0n) is 15.8. The van der Waals surface area contributed by atoms with Crippen molar-refractivity contribution in [3.05, 3.63) is 70.2 Å². The first-order valence-electron chi connectivity index (χ1n) is 9.04. The molecule has 0 aliphatic heterocycles. The highest BCUT2D eigenvalue weighted by atomic mass is 35.5. The first kappa shape index (κ1) is 21.0. The molecule has 0 heterocycles. The minimum Gasteiger partial charge on any atom is -0.496 e. The van der Waals surface area contributed by atoms with Crippen LogP contribution >= 0.6 is 23.2 Å². The molecular formula is C22H20Cl2N2O3. The van der Waals surface area contributed by atoms with Crippen LogP contribution in [0.3, 0.4) is 0 Å². The molecular weight excluding hydrogens is 411 g/mol. The van der Waals surface area contributed by atoms with Gasteiger partial charge in [-0.3, -0.25) is 4.79 Å². The first-order chi connectivity index (χ1) is 14.1. The Labute approximate surface area is 179 Å². The molecule has 0 saturated carbocycles. The van der Waals surface area contributed by atoms with E-state index in [0.29, 0.717) is 34.6 Å². The molecule has 0 aromatic heterocycles. The molecule has 1 N–H and O–H groups in total. The number of halogens is 2. The van der Waals surface area contributed by atoms with Crippen molar-refractivity contribution in [2.45, 2.75) is 12.8 Å². The molecule has 0 bridgehead atoms. The van der Waals surface area contributed by atoms with Gasteiger partial charge in [-0.15, -0.1) is 0 Å². The normalized spacial score (nSPS) is 11.0. The minimum atomic E-state index is -0.203. The van der Waals surface area contributed by atoms with Gasteiger partial charge >= 0.3 is 0 Å². The van der Waals surface area contributed by atoms with E-state index < -0.39 is 0 Å². The molecule has 0 spiro atoms. The molecule has 0 atom stereocenters. The van der Waals surface area contributed by atoms with Gasteiger partial charge in [-0.2, -0.15) is 5.10 Å². The third kappa shape index (κ3) is 5.62. The van der Waals surface area contributed by atoms with Gasteiger partial charge in [-0.25, -0.2) is 5.43 Å². The predicted octanol–water partition coefficient (Wildman–Crippen LogP) is 5.46. The Kier molecular flexibility index (Phi) is 7.33. The van der Waals surface area contributed by atoms with Crippen molar-refractivity contribution >= 4 is 46.1 Å². The van der Waals surface area contributed by atoms with Crippen molar-refractivity contribution in [3.63, 3.8) is 0 Å². The Morgan fingerprint density at radius 2 is 1.90 bits per heavy atom. The molecule has 7 heteroatoms. The van der Waals surface area contributed by atoms with Crippen LogP contribution in [0.2, 0.25) is 10.0 Å². The fraction of sp³-hybridized carbons (Fsp3) is 0.182. The second-order valence-corrected chi connectivity index (χ2v) is 7.07. The van der Waals surface area contributed by atoms with Crippen molar-refractivity contribution in [2.24, 2.45) is 5.10 Å². The number of nitrogens with one attached hydrogen (secondary N) is 1. The summed E-state index contributed by atoms with van der Waals surface area (Å²) < 4.78 is 11.0. The van der Waals surface area contributed by atoms with E-state index in [1.54, 1.807) is 31.5 Å². The smallest absolute Gasteiger partial charge is 0.240 e. The summed E-state index contributed by atoms with van der Waals surface area (Å²) in [5, 5.41) is 7.13. The third-order valence-corrected chi connectivity index (χ3v) is 4.76. The number of carbonyl (C=O) groups is 1. The van der Waals surface area contributed by atoms with Gasteiger partial charge in [0.05, 0.1) is 25.0 Å². The lowest BCUT2D eigenvalue weighted by atomic mass is 10.0. The summed E-state index contributed by atoms with van der Waals surface area (Å²) in [6, 6.07) is 16.8. The van der Waals surface area contributed by atoms with E-state index in [1.807, 2.05) is 36.4 Å². The highest BCUT2D eigenvalue weighted by molar-refractivity contribution is 6.35. The fourth-order valence-corrected chi connectivity index (χ4v) is 3.28. The summed E-state index contributed by atoms with van der Waals surface area (Å²) in [5.41, 5.74) is 3.35. The summed E-state index contributed by atoms with van der Waals surface area (Å²) in [4.78, 5) is 12.0. The second-order valence-electron chi connectivity index (χ2n) is 6.22. The SMILES string of the molecule is COc1ccc2ccccc2c1/C=N/NC(=O)CCCOc1ccc(Cl)cc1Cl. The molecule has 0 fully saturated rings. The van der Waals surface area contributed by atoms with Crippen molar-refractivity contribution in [3.8, 4) is 11.5 Å². The number of fused-ring (bicyclic) bond motifs is 1. The van der Waals surface area contributed by atoms with Gasteiger partial charge in [0.15, 0.2) is 0 Å². The van der Waals surface area contributed by atoms with E-state index in [2.05, 4.69) is 10.5 Å². The van der Waals surface area contributed by atoms with E-state index >= 15 is 0 Å². The Hall–Kier alpha value is -2.76.